The van der Waals surface area contributed by atoms with E-state index in [1.165, 1.54) is 22.8 Å². The summed E-state index contributed by atoms with van der Waals surface area (Å²) < 4.78 is 24.5. The Morgan fingerprint density at radius 1 is 0.976 bits per heavy atom. The average Bonchev–Trinajstić information content (AvgIpc) is 3.61. The number of aromatic amines is 1. The van der Waals surface area contributed by atoms with Gasteiger partial charge in [-0.15, -0.1) is 0 Å². The lowest BCUT2D eigenvalue weighted by Gasteiger charge is -2.14. The van der Waals surface area contributed by atoms with Gasteiger partial charge in [-0.2, -0.15) is 10.2 Å². The first-order chi connectivity index (χ1) is 19.8. The largest absolute Gasteiger partial charge is 0.454 e. The fraction of sp³-hybridized carbons (Fsp3) is 0.0968. The van der Waals surface area contributed by atoms with E-state index in [1.807, 2.05) is 44.3 Å². The molecular weight excluding hydrogens is 523 g/mol. The first-order valence-electron chi connectivity index (χ1n) is 12.8. The Morgan fingerprint density at radius 2 is 1.78 bits per heavy atom. The second kappa shape index (κ2) is 10.2. The van der Waals surface area contributed by atoms with Crippen molar-refractivity contribution in [3.63, 3.8) is 0 Å². The number of carbonyl (C=O) groups is 1. The van der Waals surface area contributed by atoms with Gasteiger partial charge in [0.25, 0.3) is 11.5 Å². The predicted molar refractivity (Wildman–Crippen MR) is 154 cm³/mol. The Kier molecular flexibility index (Phi) is 6.43. The number of H-pyrrole nitrogens is 1. The quantitative estimate of drug-likeness (QED) is 0.269. The molecule has 10 heteroatoms. The van der Waals surface area contributed by atoms with E-state index in [9.17, 15) is 9.59 Å². The maximum absolute atomic E-state index is 15.3. The van der Waals surface area contributed by atoms with Gasteiger partial charge >= 0.3 is 0 Å². The van der Waals surface area contributed by atoms with Crippen LogP contribution in [0.5, 0.6) is 11.5 Å². The fourth-order valence-electron chi connectivity index (χ4n) is 4.68. The molecule has 2 N–H and O–H groups in total. The third kappa shape index (κ3) is 4.87. The first-order valence-corrected chi connectivity index (χ1v) is 12.8. The third-order valence-electron chi connectivity index (χ3n) is 6.88. The molecule has 1 amide bonds. The molecule has 41 heavy (non-hydrogen) atoms. The van der Waals surface area contributed by atoms with E-state index < -0.39 is 17.3 Å². The zero-order chi connectivity index (χ0) is 28.7. The number of ether oxygens (including phenoxy) is 1. The second-order valence-electron chi connectivity index (χ2n) is 9.73. The molecule has 6 rings (SSSR count). The van der Waals surface area contributed by atoms with Crippen molar-refractivity contribution in [1.29, 1.82) is 0 Å². The third-order valence-corrected chi connectivity index (χ3v) is 6.88. The number of amides is 1. The first kappa shape index (κ1) is 25.8. The number of anilines is 1. The number of fused-ring (bicyclic) bond motifs is 1. The highest BCUT2D eigenvalue weighted by Crippen LogP contribution is 2.37. The molecule has 0 atom stereocenters. The molecule has 0 aliphatic heterocycles. The van der Waals surface area contributed by atoms with Crippen LogP contribution < -0.4 is 15.6 Å². The van der Waals surface area contributed by atoms with Gasteiger partial charge in [0.1, 0.15) is 11.3 Å². The van der Waals surface area contributed by atoms with Crippen LogP contribution in [0.2, 0.25) is 0 Å². The van der Waals surface area contributed by atoms with Crippen molar-refractivity contribution in [3.05, 3.63) is 118 Å². The van der Waals surface area contributed by atoms with Gasteiger partial charge in [-0.25, -0.2) is 4.39 Å². The Labute approximate surface area is 233 Å². The zero-order valence-electron chi connectivity index (χ0n) is 22.5. The maximum Gasteiger partial charge on any atom is 0.268 e. The summed E-state index contributed by atoms with van der Waals surface area (Å²) in [6, 6.07) is 18.4. The lowest BCUT2D eigenvalue weighted by atomic mass is 10.1. The number of halogens is 1. The van der Waals surface area contributed by atoms with Gasteiger partial charge < -0.3 is 10.1 Å². The van der Waals surface area contributed by atoms with Gasteiger partial charge in [0.05, 0.1) is 17.9 Å². The van der Waals surface area contributed by atoms with Crippen molar-refractivity contribution in [1.82, 2.24) is 24.5 Å². The number of hydrogen-bond acceptors (Lipinski definition) is 5. The summed E-state index contributed by atoms with van der Waals surface area (Å²) in [5, 5.41) is 14.5. The minimum absolute atomic E-state index is 0.0342. The molecule has 0 unspecified atom stereocenters. The van der Waals surface area contributed by atoms with Gasteiger partial charge in [0.2, 0.25) is 0 Å². The topological polar surface area (TPSA) is 107 Å². The number of nitrogens with one attached hydrogen (secondary N) is 2. The highest BCUT2D eigenvalue weighted by Gasteiger charge is 2.18. The highest BCUT2D eigenvalue weighted by molar-refractivity contribution is 6.04. The van der Waals surface area contributed by atoms with Crippen molar-refractivity contribution in [3.8, 4) is 28.3 Å². The van der Waals surface area contributed by atoms with Gasteiger partial charge in [0.15, 0.2) is 11.6 Å². The molecule has 3 aromatic carbocycles. The minimum Gasteiger partial charge on any atom is -0.454 e. The van der Waals surface area contributed by atoms with Crippen LogP contribution in [-0.4, -0.2) is 30.5 Å². The molecule has 0 fully saturated rings. The van der Waals surface area contributed by atoms with Gasteiger partial charge in [0, 0.05) is 52.9 Å². The molecule has 0 radical (unpaired) electrons. The van der Waals surface area contributed by atoms with Crippen LogP contribution in [0, 0.1) is 19.7 Å². The Balaban J connectivity index is 1.27. The van der Waals surface area contributed by atoms with E-state index in [2.05, 4.69) is 20.6 Å². The Bertz CT molecular complexity index is 1970. The number of aryl methyl sites for hydroxylation is 3. The van der Waals surface area contributed by atoms with Crippen LogP contribution in [-0.2, 0) is 7.05 Å². The molecule has 0 aliphatic rings. The SMILES string of the molecule is Cc1ccc(-n2c(C)ccc(C(=O)Nc3ccc(Oc4cc5cnn(C)c5cc4-c4cn[nH]c4)c(F)c3)c2=O)cc1. The van der Waals surface area contributed by atoms with Crippen LogP contribution >= 0.6 is 0 Å². The normalized spacial score (nSPS) is 11.1. The Hall–Kier alpha value is -5.51. The van der Waals surface area contributed by atoms with E-state index in [-0.39, 0.29) is 17.0 Å². The lowest BCUT2D eigenvalue weighted by Crippen LogP contribution is -2.29. The zero-order valence-corrected chi connectivity index (χ0v) is 22.5. The van der Waals surface area contributed by atoms with Crippen LogP contribution in [0.4, 0.5) is 10.1 Å². The fourth-order valence-corrected chi connectivity index (χ4v) is 4.68. The molecule has 0 aliphatic carbocycles. The molecule has 204 valence electrons. The van der Waals surface area contributed by atoms with Crippen molar-refractivity contribution in [2.24, 2.45) is 7.05 Å². The summed E-state index contributed by atoms with van der Waals surface area (Å²) in [7, 11) is 1.84. The highest BCUT2D eigenvalue weighted by atomic mass is 19.1. The van der Waals surface area contributed by atoms with Crippen LogP contribution in [0.15, 0.2) is 90.1 Å². The minimum atomic E-state index is -0.687. The Morgan fingerprint density at radius 3 is 2.51 bits per heavy atom. The second-order valence-corrected chi connectivity index (χ2v) is 9.73. The molecule has 0 spiro atoms. The van der Waals surface area contributed by atoms with Crippen LogP contribution in [0.3, 0.4) is 0 Å². The van der Waals surface area contributed by atoms with Crippen molar-refractivity contribution in [2.45, 2.75) is 13.8 Å². The van der Waals surface area contributed by atoms with E-state index in [4.69, 9.17) is 4.74 Å². The summed E-state index contributed by atoms with van der Waals surface area (Å²) >= 11 is 0. The van der Waals surface area contributed by atoms with E-state index in [0.29, 0.717) is 22.7 Å². The molecule has 3 aromatic heterocycles. The van der Waals surface area contributed by atoms with Gasteiger partial charge in [-0.1, -0.05) is 17.7 Å². The molecular formula is C31H25FN6O3. The van der Waals surface area contributed by atoms with Crippen molar-refractivity contribution < 1.29 is 13.9 Å². The van der Waals surface area contributed by atoms with Gasteiger partial charge in [-0.05, 0) is 62.4 Å². The smallest absolute Gasteiger partial charge is 0.268 e. The number of carbonyl (C=O) groups excluding carboxylic acids is 1. The van der Waals surface area contributed by atoms with Crippen LogP contribution in [0.25, 0.3) is 27.7 Å². The molecule has 9 nitrogen and oxygen atoms in total. The number of nitrogens with zero attached hydrogens (tertiary/aromatic N) is 4. The standard InChI is InChI=1S/C31H25FN6O3/c1-18-4-8-23(9-5-18)38-19(2)6-10-24(31(38)40)30(39)36-22-7-11-28(26(32)13-22)41-29-12-20-17-35-37(3)27(20)14-25(29)21-15-33-34-16-21/h4-17H,1-3H3,(H,33,34)(H,36,39). The molecule has 6 aromatic rings. The monoisotopic (exact) mass is 548 g/mol. The summed E-state index contributed by atoms with van der Waals surface area (Å²) in [5.41, 5.74) is 4.39. The number of pyridine rings is 1. The van der Waals surface area contributed by atoms with E-state index in [1.54, 1.807) is 42.3 Å². The maximum atomic E-state index is 15.3. The lowest BCUT2D eigenvalue weighted by molar-refractivity contribution is 0.102. The summed E-state index contributed by atoms with van der Waals surface area (Å²) in [5.74, 6) is -0.951. The molecule has 0 bridgehead atoms. The van der Waals surface area contributed by atoms with Crippen LogP contribution in [0.1, 0.15) is 21.6 Å². The number of rotatable bonds is 6. The molecule has 0 saturated carbocycles. The average molecular weight is 549 g/mol. The molecule has 3 heterocycles. The summed E-state index contributed by atoms with van der Waals surface area (Å²) in [6.07, 6.45) is 5.07. The molecule has 0 saturated heterocycles. The van der Waals surface area contributed by atoms with E-state index >= 15 is 4.39 Å². The van der Waals surface area contributed by atoms with E-state index in [0.717, 1.165) is 28.1 Å². The van der Waals surface area contributed by atoms with Crippen molar-refractivity contribution >= 4 is 22.5 Å². The predicted octanol–water partition coefficient (Wildman–Crippen LogP) is 5.91. The summed E-state index contributed by atoms with van der Waals surface area (Å²) in [4.78, 5) is 26.3. The number of hydrogen-bond donors (Lipinski definition) is 2. The number of benzene rings is 3. The number of aromatic nitrogens is 5. The van der Waals surface area contributed by atoms with Crippen molar-refractivity contribution in [2.75, 3.05) is 5.32 Å². The summed E-state index contributed by atoms with van der Waals surface area (Å²) in [6.45, 7) is 3.75. The van der Waals surface area contributed by atoms with Gasteiger partial charge in [-0.3, -0.25) is 23.9 Å².